The average molecular weight is 290 g/mol. The second-order valence-electron chi connectivity index (χ2n) is 6.37. The molecule has 0 radical (unpaired) electrons. The Kier molecular flexibility index (Phi) is 4.58. The summed E-state index contributed by atoms with van der Waals surface area (Å²) in [5.74, 6) is 0.0850. The lowest BCUT2D eigenvalue weighted by Gasteiger charge is -2.29. The predicted octanol–water partition coefficient (Wildman–Crippen LogP) is 2.24. The van der Waals surface area contributed by atoms with Gasteiger partial charge in [0.05, 0.1) is 0 Å². The van der Waals surface area contributed by atoms with Crippen molar-refractivity contribution in [3.8, 4) is 0 Å². The monoisotopic (exact) mass is 290 g/mol. The summed E-state index contributed by atoms with van der Waals surface area (Å²) >= 11 is 0. The zero-order valence-corrected chi connectivity index (χ0v) is 13.0. The predicted molar refractivity (Wildman–Crippen MR) is 82.2 cm³/mol. The smallest absolute Gasteiger partial charge is 0.274 e. The van der Waals surface area contributed by atoms with Crippen LogP contribution in [0.1, 0.15) is 66.7 Å². The van der Waals surface area contributed by atoms with Crippen molar-refractivity contribution in [3.63, 3.8) is 0 Å². The van der Waals surface area contributed by atoms with Crippen LogP contribution in [-0.2, 0) is 13.0 Å². The van der Waals surface area contributed by atoms with Crippen molar-refractivity contribution >= 4 is 5.91 Å². The van der Waals surface area contributed by atoms with Crippen LogP contribution in [0.3, 0.4) is 0 Å². The normalized spacial score (nSPS) is 20.4. The van der Waals surface area contributed by atoms with Crippen LogP contribution in [0.15, 0.2) is 0 Å². The first-order valence-electron chi connectivity index (χ1n) is 8.31. The number of nitrogens with zero attached hydrogens (tertiary/aromatic N) is 2. The molecule has 1 aliphatic heterocycles. The highest BCUT2D eigenvalue weighted by atomic mass is 16.2. The molecular formula is C16H26N4O. The molecule has 0 bridgehead atoms. The Balaban J connectivity index is 1.72. The Hall–Kier alpha value is -1.36. The molecule has 5 heteroatoms. The van der Waals surface area contributed by atoms with E-state index in [4.69, 9.17) is 0 Å². The van der Waals surface area contributed by atoms with E-state index in [1.807, 2.05) is 11.9 Å². The van der Waals surface area contributed by atoms with Gasteiger partial charge < -0.3 is 10.2 Å². The highest BCUT2D eigenvalue weighted by Crippen LogP contribution is 2.23. The SMILES string of the molecule is CN(C(=O)c1n[nH]c2c1CNCC2)C1CCCCCCC1. The van der Waals surface area contributed by atoms with Crippen LogP contribution in [0.2, 0.25) is 0 Å². The molecule has 5 nitrogen and oxygen atoms in total. The highest BCUT2D eigenvalue weighted by molar-refractivity contribution is 5.94. The van der Waals surface area contributed by atoms with E-state index >= 15 is 0 Å². The summed E-state index contributed by atoms with van der Waals surface area (Å²) in [5.41, 5.74) is 2.83. The molecule has 3 rings (SSSR count). The quantitative estimate of drug-likeness (QED) is 0.878. The Labute approximate surface area is 126 Å². The van der Waals surface area contributed by atoms with Gasteiger partial charge >= 0.3 is 0 Å². The number of carbonyl (C=O) groups excluding carboxylic acids is 1. The summed E-state index contributed by atoms with van der Waals surface area (Å²) in [6, 6.07) is 0.377. The van der Waals surface area contributed by atoms with E-state index in [2.05, 4.69) is 15.5 Å². The van der Waals surface area contributed by atoms with Crippen molar-refractivity contribution < 1.29 is 4.79 Å². The second kappa shape index (κ2) is 6.60. The second-order valence-corrected chi connectivity index (χ2v) is 6.37. The molecule has 0 saturated heterocycles. The zero-order chi connectivity index (χ0) is 14.7. The number of aromatic nitrogens is 2. The van der Waals surface area contributed by atoms with Crippen LogP contribution in [0.25, 0.3) is 0 Å². The number of rotatable bonds is 2. The van der Waals surface area contributed by atoms with Gasteiger partial charge in [0.1, 0.15) is 0 Å². The molecule has 2 heterocycles. The molecule has 1 aromatic heterocycles. The number of hydrogen-bond acceptors (Lipinski definition) is 3. The van der Waals surface area contributed by atoms with Gasteiger partial charge in [0.2, 0.25) is 0 Å². The molecule has 0 aromatic carbocycles. The number of nitrogens with one attached hydrogen (secondary N) is 2. The maximum atomic E-state index is 12.8. The van der Waals surface area contributed by atoms with Crippen molar-refractivity contribution in [1.82, 2.24) is 20.4 Å². The third-order valence-electron chi connectivity index (χ3n) is 4.95. The Bertz CT molecular complexity index is 488. The summed E-state index contributed by atoms with van der Waals surface area (Å²) in [6.07, 6.45) is 9.64. The Morgan fingerprint density at radius 2 is 1.90 bits per heavy atom. The van der Waals surface area contributed by atoms with E-state index in [-0.39, 0.29) is 5.91 Å². The maximum absolute atomic E-state index is 12.8. The molecular weight excluding hydrogens is 264 g/mol. The molecule has 21 heavy (non-hydrogen) atoms. The van der Waals surface area contributed by atoms with Gasteiger partial charge in [-0.15, -0.1) is 0 Å². The molecule has 116 valence electrons. The minimum absolute atomic E-state index is 0.0850. The number of hydrogen-bond donors (Lipinski definition) is 2. The minimum Gasteiger partial charge on any atom is -0.337 e. The third-order valence-corrected chi connectivity index (χ3v) is 4.95. The first-order valence-corrected chi connectivity index (χ1v) is 8.31. The van der Waals surface area contributed by atoms with E-state index in [0.29, 0.717) is 11.7 Å². The number of carbonyl (C=O) groups is 1. The summed E-state index contributed by atoms with van der Waals surface area (Å²) in [4.78, 5) is 14.7. The topological polar surface area (TPSA) is 61.0 Å². The van der Waals surface area contributed by atoms with Gasteiger partial charge in [0, 0.05) is 43.9 Å². The average Bonchev–Trinajstić information content (AvgIpc) is 2.89. The van der Waals surface area contributed by atoms with E-state index in [1.165, 1.54) is 32.1 Å². The highest BCUT2D eigenvalue weighted by Gasteiger charge is 2.27. The lowest BCUT2D eigenvalue weighted by molar-refractivity contribution is 0.0699. The fourth-order valence-electron chi connectivity index (χ4n) is 3.56. The maximum Gasteiger partial charge on any atom is 0.274 e. The molecule has 0 atom stereocenters. The first-order chi connectivity index (χ1) is 10.3. The van der Waals surface area contributed by atoms with E-state index in [1.54, 1.807) is 0 Å². The van der Waals surface area contributed by atoms with Gasteiger partial charge in [-0.25, -0.2) is 0 Å². The minimum atomic E-state index is 0.0850. The summed E-state index contributed by atoms with van der Waals surface area (Å²) in [7, 11) is 1.95. The number of aromatic amines is 1. The Morgan fingerprint density at radius 3 is 2.67 bits per heavy atom. The van der Waals surface area contributed by atoms with E-state index < -0.39 is 0 Å². The van der Waals surface area contributed by atoms with Gasteiger partial charge in [-0.2, -0.15) is 5.10 Å². The van der Waals surface area contributed by atoms with E-state index in [9.17, 15) is 4.79 Å². The third kappa shape index (κ3) is 3.12. The van der Waals surface area contributed by atoms with Gasteiger partial charge in [-0.3, -0.25) is 9.89 Å². The van der Waals surface area contributed by atoms with Crippen LogP contribution < -0.4 is 5.32 Å². The molecule has 1 aliphatic carbocycles. The lowest BCUT2D eigenvalue weighted by atomic mass is 9.95. The van der Waals surface area contributed by atoms with Gasteiger partial charge in [0.25, 0.3) is 5.91 Å². The van der Waals surface area contributed by atoms with Crippen LogP contribution in [0.4, 0.5) is 0 Å². The van der Waals surface area contributed by atoms with Crippen LogP contribution in [0.5, 0.6) is 0 Å². The van der Waals surface area contributed by atoms with Crippen molar-refractivity contribution in [2.45, 2.75) is 64.0 Å². The molecule has 0 unspecified atom stereocenters. The summed E-state index contributed by atoms with van der Waals surface area (Å²) < 4.78 is 0. The van der Waals surface area contributed by atoms with Crippen molar-refractivity contribution in [1.29, 1.82) is 0 Å². The van der Waals surface area contributed by atoms with Crippen molar-refractivity contribution in [2.75, 3.05) is 13.6 Å². The molecule has 1 aromatic rings. The van der Waals surface area contributed by atoms with Crippen molar-refractivity contribution in [2.24, 2.45) is 0 Å². The van der Waals surface area contributed by atoms with Gasteiger partial charge in [-0.05, 0) is 12.8 Å². The number of fused-ring (bicyclic) bond motifs is 1. The molecule has 0 spiro atoms. The summed E-state index contributed by atoms with van der Waals surface area (Å²) in [6.45, 7) is 1.71. The number of H-pyrrole nitrogens is 1. The Morgan fingerprint density at radius 1 is 1.19 bits per heavy atom. The van der Waals surface area contributed by atoms with Crippen LogP contribution in [-0.4, -0.2) is 40.6 Å². The van der Waals surface area contributed by atoms with Gasteiger partial charge in [-0.1, -0.05) is 32.1 Å². The number of amides is 1. The van der Waals surface area contributed by atoms with E-state index in [0.717, 1.165) is 43.6 Å². The van der Waals surface area contributed by atoms with Gasteiger partial charge in [0.15, 0.2) is 5.69 Å². The largest absolute Gasteiger partial charge is 0.337 e. The zero-order valence-electron chi connectivity index (χ0n) is 13.0. The standard InChI is InChI=1S/C16H26N4O/c1-20(12-7-5-3-2-4-6-8-12)16(21)15-13-11-17-10-9-14(13)18-19-15/h12,17H,2-11H2,1H3,(H,18,19). The fourth-order valence-corrected chi connectivity index (χ4v) is 3.56. The summed E-state index contributed by atoms with van der Waals surface area (Å²) in [5, 5.41) is 10.7. The molecule has 2 N–H and O–H groups in total. The van der Waals surface area contributed by atoms with Crippen LogP contribution >= 0.6 is 0 Å². The molecule has 2 aliphatic rings. The molecule has 1 fully saturated rings. The first kappa shape index (κ1) is 14.6. The van der Waals surface area contributed by atoms with Crippen molar-refractivity contribution in [3.05, 3.63) is 17.0 Å². The fraction of sp³-hybridized carbons (Fsp3) is 0.750. The lowest BCUT2D eigenvalue weighted by Crippen LogP contribution is -2.38. The molecule has 1 amide bonds. The molecule has 1 saturated carbocycles. The van der Waals surface area contributed by atoms with Crippen LogP contribution in [0, 0.1) is 0 Å².